The van der Waals surface area contributed by atoms with Crippen LogP contribution in [0.5, 0.6) is 0 Å². The van der Waals surface area contributed by atoms with E-state index in [0.717, 1.165) is 6.04 Å². The number of unbranched alkanes of at least 4 members (excludes halogenated alkanes) is 2. The minimum absolute atomic E-state index is 0.643. The van der Waals surface area contributed by atoms with Crippen molar-refractivity contribution >= 4 is 0 Å². The molecule has 0 aliphatic heterocycles. The third kappa shape index (κ3) is 5.61. The Hall–Kier alpha value is -0.0800. The van der Waals surface area contributed by atoms with Crippen LogP contribution in [0.1, 0.15) is 46.0 Å². The molecule has 0 aromatic rings. The van der Waals surface area contributed by atoms with Crippen LogP contribution >= 0.6 is 0 Å². The molecule has 2 heteroatoms. The average Bonchev–Trinajstić information content (AvgIpc) is 2.92. The van der Waals surface area contributed by atoms with Crippen LogP contribution in [0.3, 0.4) is 0 Å². The van der Waals surface area contributed by atoms with Gasteiger partial charge in [-0.3, -0.25) is 0 Å². The summed E-state index contributed by atoms with van der Waals surface area (Å²) in [5.74, 6) is 0. The summed E-state index contributed by atoms with van der Waals surface area (Å²) in [4.78, 5) is 2.52. The van der Waals surface area contributed by atoms with Gasteiger partial charge in [0.05, 0.1) is 0 Å². The summed E-state index contributed by atoms with van der Waals surface area (Å²) >= 11 is 0. The van der Waals surface area contributed by atoms with E-state index >= 15 is 0 Å². The standard InChI is InChI=1S/C12H26N2/c1-11(2)13-9-5-4-6-10-14(3)12-7-8-12/h11-13H,4-10H2,1-3H3. The van der Waals surface area contributed by atoms with Gasteiger partial charge < -0.3 is 10.2 Å². The first kappa shape index (κ1) is 12.0. The summed E-state index contributed by atoms with van der Waals surface area (Å²) < 4.78 is 0. The topological polar surface area (TPSA) is 15.3 Å². The van der Waals surface area contributed by atoms with E-state index in [2.05, 4.69) is 31.1 Å². The molecule has 1 N–H and O–H groups in total. The molecule has 1 aliphatic rings. The highest BCUT2D eigenvalue weighted by Gasteiger charge is 2.25. The molecular weight excluding hydrogens is 172 g/mol. The van der Waals surface area contributed by atoms with Gasteiger partial charge in [0.1, 0.15) is 0 Å². The molecule has 84 valence electrons. The Morgan fingerprint density at radius 1 is 1.21 bits per heavy atom. The average molecular weight is 198 g/mol. The summed E-state index contributed by atoms with van der Waals surface area (Å²) in [6.45, 7) is 6.90. The first-order valence-electron chi connectivity index (χ1n) is 6.14. The quantitative estimate of drug-likeness (QED) is 0.602. The van der Waals surface area contributed by atoms with E-state index in [1.165, 1.54) is 45.2 Å². The molecule has 0 aromatic carbocycles. The Balaban J connectivity index is 1.79. The van der Waals surface area contributed by atoms with Gasteiger partial charge >= 0.3 is 0 Å². The molecule has 1 aliphatic carbocycles. The van der Waals surface area contributed by atoms with Gasteiger partial charge in [-0.15, -0.1) is 0 Å². The molecule has 14 heavy (non-hydrogen) atoms. The second-order valence-corrected chi connectivity index (χ2v) is 4.88. The van der Waals surface area contributed by atoms with Crippen LogP contribution in [0.2, 0.25) is 0 Å². The van der Waals surface area contributed by atoms with Crippen molar-refractivity contribution in [1.82, 2.24) is 10.2 Å². The first-order valence-corrected chi connectivity index (χ1v) is 6.14. The molecule has 1 fully saturated rings. The van der Waals surface area contributed by atoms with Crippen molar-refractivity contribution in [3.05, 3.63) is 0 Å². The highest BCUT2D eigenvalue weighted by Crippen LogP contribution is 2.25. The van der Waals surface area contributed by atoms with Crippen molar-refractivity contribution in [2.75, 3.05) is 20.1 Å². The smallest absolute Gasteiger partial charge is 0.00933 e. The van der Waals surface area contributed by atoms with E-state index in [-0.39, 0.29) is 0 Å². The third-order valence-corrected chi connectivity index (χ3v) is 2.91. The summed E-state index contributed by atoms with van der Waals surface area (Å²) in [6.07, 6.45) is 6.94. The van der Waals surface area contributed by atoms with Crippen LogP contribution in [0.4, 0.5) is 0 Å². The Morgan fingerprint density at radius 2 is 1.93 bits per heavy atom. The summed E-state index contributed by atoms with van der Waals surface area (Å²) in [5, 5.41) is 3.46. The fourth-order valence-corrected chi connectivity index (χ4v) is 1.75. The summed E-state index contributed by atoms with van der Waals surface area (Å²) in [7, 11) is 2.27. The zero-order chi connectivity index (χ0) is 10.4. The number of rotatable bonds is 8. The molecule has 0 saturated heterocycles. The molecule has 0 bridgehead atoms. The maximum absolute atomic E-state index is 3.46. The number of nitrogens with zero attached hydrogens (tertiary/aromatic N) is 1. The summed E-state index contributed by atoms with van der Waals surface area (Å²) in [6, 6.07) is 1.58. The molecule has 1 saturated carbocycles. The largest absolute Gasteiger partial charge is 0.315 e. The van der Waals surface area contributed by atoms with Crippen LogP contribution in [0.15, 0.2) is 0 Å². The first-order chi connectivity index (χ1) is 6.70. The van der Waals surface area contributed by atoms with Crippen LogP contribution in [0.25, 0.3) is 0 Å². The lowest BCUT2D eigenvalue weighted by Gasteiger charge is -2.15. The molecule has 0 spiro atoms. The molecule has 0 atom stereocenters. The molecule has 0 heterocycles. The van der Waals surface area contributed by atoms with Crippen molar-refractivity contribution in [3.8, 4) is 0 Å². The van der Waals surface area contributed by atoms with Gasteiger partial charge in [0, 0.05) is 12.1 Å². The van der Waals surface area contributed by atoms with Gasteiger partial charge in [-0.2, -0.15) is 0 Å². The minimum Gasteiger partial charge on any atom is -0.315 e. The van der Waals surface area contributed by atoms with Crippen LogP contribution in [-0.4, -0.2) is 37.1 Å². The number of nitrogens with one attached hydrogen (secondary N) is 1. The Bertz CT molecular complexity index is 141. The fourth-order valence-electron chi connectivity index (χ4n) is 1.75. The molecule has 1 rings (SSSR count). The van der Waals surface area contributed by atoms with Crippen molar-refractivity contribution in [1.29, 1.82) is 0 Å². The molecule has 0 unspecified atom stereocenters. The van der Waals surface area contributed by atoms with Gasteiger partial charge in [-0.05, 0) is 45.8 Å². The maximum Gasteiger partial charge on any atom is 0.00933 e. The molecule has 0 radical (unpaired) electrons. The zero-order valence-corrected chi connectivity index (χ0v) is 10.1. The predicted molar refractivity (Wildman–Crippen MR) is 62.6 cm³/mol. The lowest BCUT2D eigenvalue weighted by molar-refractivity contribution is 0.314. The molecule has 2 nitrogen and oxygen atoms in total. The molecule has 0 amide bonds. The SMILES string of the molecule is CC(C)NCCCCCN(C)C1CC1. The van der Waals surface area contributed by atoms with Crippen molar-refractivity contribution in [2.45, 2.75) is 58.0 Å². The van der Waals surface area contributed by atoms with E-state index in [0.29, 0.717) is 6.04 Å². The fraction of sp³-hybridized carbons (Fsp3) is 1.00. The Labute approximate surface area is 89.1 Å². The van der Waals surface area contributed by atoms with Crippen molar-refractivity contribution in [3.63, 3.8) is 0 Å². The van der Waals surface area contributed by atoms with Crippen LogP contribution in [-0.2, 0) is 0 Å². The maximum atomic E-state index is 3.46. The van der Waals surface area contributed by atoms with E-state index in [1.54, 1.807) is 0 Å². The van der Waals surface area contributed by atoms with Crippen molar-refractivity contribution < 1.29 is 0 Å². The monoisotopic (exact) mass is 198 g/mol. The normalized spacial score (nSPS) is 16.9. The molecular formula is C12H26N2. The summed E-state index contributed by atoms with van der Waals surface area (Å²) in [5.41, 5.74) is 0. The minimum atomic E-state index is 0.643. The van der Waals surface area contributed by atoms with Crippen LogP contribution < -0.4 is 5.32 Å². The Morgan fingerprint density at radius 3 is 2.50 bits per heavy atom. The van der Waals surface area contributed by atoms with Crippen LogP contribution in [0, 0.1) is 0 Å². The van der Waals surface area contributed by atoms with E-state index in [4.69, 9.17) is 0 Å². The van der Waals surface area contributed by atoms with Gasteiger partial charge in [-0.1, -0.05) is 20.3 Å². The van der Waals surface area contributed by atoms with Gasteiger partial charge in [0.2, 0.25) is 0 Å². The zero-order valence-electron chi connectivity index (χ0n) is 10.1. The van der Waals surface area contributed by atoms with E-state index in [9.17, 15) is 0 Å². The molecule has 0 aromatic heterocycles. The van der Waals surface area contributed by atoms with Crippen molar-refractivity contribution in [2.24, 2.45) is 0 Å². The van der Waals surface area contributed by atoms with Gasteiger partial charge in [0.15, 0.2) is 0 Å². The number of hydrogen-bond acceptors (Lipinski definition) is 2. The lowest BCUT2D eigenvalue weighted by Crippen LogP contribution is -2.24. The van der Waals surface area contributed by atoms with Gasteiger partial charge in [0.25, 0.3) is 0 Å². The van der Waals surface area contributed by atoms with Gasteiger partial charge in [-0.25, -0.2) is 0 Å². The predicted octanol–water partition coefficient (Wildman–Crippen LogP) is 2.25. The highest BCUT2D eigenvalue weighted by atomic mass is 15.1. The Kier molecular flexibility index (Phi) is 5.49. The second-order valence-electron chi connectivity index (χ2n) is 4.88. The van der Waals surface area contributed by atoms with E-state index in [1.807, 2.05) is 0 Å². The lowest BCUT2D eigenvalue weighted by atomic mass is 10.2. The number of hydrogen-bond donors (Lipinski definition) is 1. The van der Waals surface area contributed by atoms with E-state index < -0.39 is 0 Å². The highest BCUT2D eigenvalue weighted by molar-refractivity contribution is 4.82. The second kappa shape index (κ2) is 6.41. The third-order valence-electron chi connectivity index (χ3n) is 2.91.